The molecule has 1 aromatic heterocycles. The van der Waals surface area contributed by atoms with Gasteiger partial charge in [-0.2, -0.15) is 5.10 Å². The quantitative estimate of drug-likeness (QED) is 0.399. The number of hydrogen-bond acceptors (Lipinski definition) is 5. The maximum Gasteiger partial charge on any atom is 0.281 e. The summed E-state index contributed by atoms with van der Waals surface area (Å²) in [7, 11) is 0. The first-order chi connectivity index (χ1) is 12.9. The van der Waals surface area contributed by atoms with Crippen molar-refractivity contribution in [3.63, 3.8) is 0 Å². The lowest BCUT2D eigenvalue weighted by Gasteiger charge is -1.99. The van der Waals surface area contributed by atoms with Crippen LogP contribution < -0.4 is 5.43 Å². The van der Waals surface area contributed by atoms with Crippen molar-refractivity contribution in [2.45, 2.75) is 6.92 Å². The maximum atomic E-state index is 13.0. The number of rotatable bonds is 5. The summed E-state index contributed by atoms with van der Waals surface area (Å²) < 4.78 is 13.0. The summed E-state index contributed by atoms with van der Waals surface area (Å²) in [6, 6.07) is 14.1. The summed E-state index contributed by atoms with van der Waals surface area (Å²) in [5, 5.41) is 14.8. The van der Waals surface area contributed by atoms with E-state index in [1.807, 2.05) is 0 Å². The first-order valence-corrected chi connectivity index (χ1v) is 8.70. The van der Waals surface area contributed by atoms with Crippen molar-refractivity contribution in [1.29, 1.82) is 0 Å². The number of hydrogen-bond donors (Lipinski definition) is 1. The van der Waals surface area contributed by atoms with Gasteiger partial charge in [-0.05, 0) is 36.8 Å². The number of benzene rings is 2. The summed E-state index contributed by atoms with van der Waals surface area (Å²) in [5.41, 5.74) is 4.26. The lowest BCUT2D eigenvalue weighted by Crippen LogP contribution is -2.16. The van der Waals surface area contributed by atoms with E-state index < -0.39 is 10.8 Å². The van der Waals surface area contributed by atoms with Gasteiger partial charge in [0, 0.05) is 22.1 Å². The second-order valence-electron chi connectivity index (χ2n) is 5.67. The predicted octanol–water partition coefficient (Wildman–Crippen LogP) is 4.53. The van der Waals surface area contributed by atoms with Gasteiger partial charge in [0.15, 0.2) is 0 Å². The molecule has 3 rings (SSSR count). The van der Waals surface area contributed by atoms with Crippen molar-refractivity contribution in [3.8, 4) is 10.4 Å². The smallest absolute Gasteiger partial charge is 0.266 e. The zero-order valence-corrected chi connectivity index (χ0v) is 15.0. The number of nitro groups is 1. The first kappa shape index (κ1) is 18.4. The molecule has 0 spiro atoms. The van der Waals surface area contributed by atoms with Gasteiger partial charge in [-0.1, -0.05) is 24.3 Å². The van der Waals surface area contributed by atoms with E-state index in [2.05, 4.69) is 10.5 Å². The third-order valence-corrected chi connectivity index (χ3v) is 4.90. The van der Waals surface area contributed by atoms with Crippen molar-refractivity contribution in [2.24, 2.45) is 5.10 Å². The predicted molar refractivity (Wildman–Crippen MR) is 103 cm³/mol. The lowest BCUT2D eigenvalue weighted by molar-refractivity contribution is -0.385. The molecule has 2 aromatic carbocycles. The number of nitrogens with one attached hydrogen (secondary N) is 1. The molecular formula is C19H14FN3O3S. The van der Waals surface area contributed by atoms with Gasteiger partial charge >= 0.3 is 0 Å². The molecular weight excluding hydrogens is 369 g/mol. The Hall–Kier alpha value is -3.39. The van der Waals surface area contributed by atoms with E-state index in [0.717, 1.165) is 10.4 Å². The molecule has 0 unspecified atom stereocenters. The number of halogens is 1. The van der Waals surface area contributed by atoms with E-state index in [4.69, 9.17) is 0 Å². The second kappa shape index (κ2) is 7.88. The molecule has 1 amide bonds. The van der Waals surface area contributed by atoms with E-state index in [9.17, 15) is 19.3 Å². The molecule has 0 atom stereocenters. The Labute approximate surface area is 158 Å². The molecule has 0 fully saturated rings. The van der Waals surface area contributed by atoms with E-state index >= 15 is 0 Å². The van der Waals surface area contributed by atoms with E-state index in [1.165, 1.54) is 35.8 Å². The number of thiophene rings is 1. The first-order valence-electron chi connectivity index (χ1n) is 7.88. The van der Waals surface area contributed by atoms with Crippen molar-refractivity contribution < 1.29 is 14.1 Å². The fraction of sp³-hybridized carbons (Fsp3) is 0.0526. The minimum Gasteiger partial charge on any atom is -0.266 e. The third kappa shape index (κ3) is 4.42. The van der Waals surface area contributed by atoms with Crippen LogP contribution in [0.4, 0.5) is 10.1 Å². The highest BCUT2D eigenvalue weighted by molar-refractivity contribution is 7.17. The van der Waals surface area contributed by atoms with Crippen molar-refractivity contribution in [3.05, 3.63) is 86.5 Å². The Morgan fingerprint density at radius 3 is 2.63 bits per heavy atom. The van der Waals surface area contributed by atoms with Crippen molar-refractivity contribution in [1.82, 2.24) is 5.43 Å². The number of nitrogens with zero attached hydrogens (tertiary/aromatic N) is 2. The highest BCUT2D eigenvalue weighted by Crippen LogP contribution is 2.28. The Kier molecular flexibility index (Phi) is 5.37. The Morgan fingerprint density at radius 2 is 1.93 bits per heavy atom. The molecule has 0 bridgehead atoms. The Balaban J connectivity index is 1.68. The molecule has 1 N–H and O–H groups in total. The molecule has 8 heteroatoms. The summed E-state index contributed by atoms with van der Waals surface area (Å²) in [6.07, 6.45) is 1.35. The van der Waals surface area contributed by atoms with Crippen LogP contribution in [-0.2, 0) is 0 Å². The van der Waals surface area contributed by atoms with Gasteiger partial charge < -0.3 is 0 Å². The summed E-state index contributed by atoms with van der Waals surface area (Å²) >= 11 is 1.26. The summed E-state index contributed by atoms with van der Waals surface area (Å²) in [4.78, 5) is 23.9. The van der Waals surface area contributed by atoms with Crippen LogP contribution >= 0.6 is 11.3 Å². The van der Waals surface area contributed by atoms with Gasteiger partial charge in [-0.15, -0.1) is 11.3 Å². The molecule has 136 valence electrons. The van der Waals surface area contributed by atoms with Crippen LogP contribution in [0.5, 0.6) is 0 Å². The van der Waals surface area contributed by atoms with Crippen LogP contribution in [0.1, 0.15) is 20.8 Å². The zero-order valence-electron chi connectivity index (χ0n) is 14.2. The molecule has 0 aliphatic carbocycles. The topological polar surface area (TPSA) is 84.6 Å². The van der Waals surface area contributed by atoms with Crippen LogP contribution in [-0.4, -0.2) is 17.0 Å². The number of hydrazone groups is 1. The average molecular weight is 383 g/mol. The van der Waals surface area contributed by atoms with E-state index in [0.29, 0.717) is 16.0 Å². The standard InChI is InChI=1S/C19H14FN3O3S/c1-12-2-3-13(10-16(12)23(25)26)11-21-22-19(24)18-9-8-17(27-18)14-4-6-15(20)7-5-14/h2-11H,1H3,(H,22,24)/b21-11-. The molecule has 0 saturated heterocycles. The van der Waals surface area contributed by atoms with Crippen LogP contribution in [0.15, 0.2) is 59.7 Å². The average Bonchev–Trinajstić information content (AvgIpc) is 3.13. The number of carbonyl (C=O) groups excluding carboxylic acids is 1. The third-order valence-electron chi connectivity index (χ3n) is 3.77. The largest absolute Gasteiger partial charge is 0.281 e. The van der Waals surface area contributed by atoms with Gasteiger partial charge in [0.1, 0.15) is 5.82 Å². The SMILES string of the molecule is Cc1ccc(/C=N\NC(=O)c2ccc(-c3ccc(F)cc3)s2)cc1[N+](=O)[O-]. The zero-order chi connectivity index (χ0) is 19.4. The lowest BCUT2D eigenvalue weighted by atomic mass is 10.1. The molecule has 0 aliphatic heterocycles. The maximum absolute atomic E-state index is 13.0. The van der Waals surface area contributed by atoms with Gasteiger partial charge in [-0.3, -0.25) is 14.9 Å². The van der Waals surface area contributed by atoms with Crippen LogP contribution in [0.2, 0.25) is 0 Å². The van der Waals surface area contributed by atoms with E-state index in [-0.39, 0.29) is 11.5 Å². The monoisotopic (exact) mass is 383 g/mol. The molecule has 3 aromatic rings. The Bertz CT molecular complexity index is 1030. The van der Waals surface area contributed by atoms with Crippen molar-refractivity contribution in [2.75, 3.05) is 0 Å². The number of carbonyl (C=O) groups is 1. The number of aryl methyl sites for hydroxylation is 1. The summed E-state index contributed by atoms with van der Waals surface area (Å²) in [6.45, 7) is 1.65. The number of nitro benzene ring substituents is 1. The highest BCUT2D eigenvalue weighted by atomic mass is 32.1. The van der Waals surface area contributed by atoms with E-state index in [1.54, 1.807) is 43.3 Å². The highest BCUT2D eigenvalue weighted by Gasteiger charge is 2.11. The molecule has 27 heavy (non-hydrogen) atoms. The van der Waals surface area contributed by atoms with Gasteiger partial charge in [0.2, 0.25) is 0 Å². The molecule has 0 radical (unpaired) electrons. The van der Waals surface area contributed by atoms with Crippen molar-refractivity contribution >= 4 is 29.1 Å². The van der Waals surface area contributed by atoms with Crippen LogP contribution in [0.25, 0.3) is 10.4 Å². The normalized spacial score (nSPS) is 10.9. The van der Waals surface area contributed by atoms with Gasteiger partial charge in [-0.25, -0.2) is 9.82 Å². The summed E-state index contributed by atoms with van der Waals surface area (Å²) in [5.74, 6) is -0.717. The van der Waals surface area contributed by atoms with Gasteiger partial charge in [0.25, 0.3) is 11.6 Å². The molecule has 6 nitrogen and oxygen atoms in total. The minimum atomic E-state index is -0.464. The molecule has 0 aliphatic rings. The second-order valence-corrected chi connectivity index (χ2v) is 6.76. The van der Waals surface area contributed by atoms with Crippen LogP contribution in [0, 0.1) is 22.9 Å². The fourth-order valence-corrected chi connectivity index (χ4v) is 3.25. The fourth-order valence-electron chi connectivity index (χ4n) is 2.35. The van der Waals surface area contributed by atoms with Gasteiger partial charge in [0.05, 0.1) is 16.0 Å². The van der Waals surface area contributed by atoms with Crippen LogP contribution in [0.3, 0.4) is 0 Å². The minimum absolute atomic E-state index is 0.00697. The Morgan fingerprint density at radius 1 is 1.19 bits per heavy atom. The number of amides is 1. The molecule has 0 saturated carbocycles. The molecule has 1 heterocycles.